The monoisotopic (exact) mass is 282 g/mol. The second-order valence-electron chi connectivity index (χ2n) is 3.82. The van der Waals surface area contributed by atoms with Crippen LogP contribution in [0, 0.1) is 5.82 Å². The molecule has 2 aromatic carbocycles. The average molecular weight is 283 g/mol. The van der Waals surface area contributed by atoms with Crippen molar-refractivity contribution in [3.8, 4) is 0 Å². The zero-order chi connectivity index (χ0) is 13.1. The van der Waals surface area contributed by atoms with Crippen molar-refractivity contribution in [2.24, 2.45) is 0 Å². The number of carbonyl (C=O) groups is 1. The summed E-state index contributed by atoms with van der Waals surface area (Å²) < 4.78 is 13.0. The van der Waals surface area contributed by atoms with Crippen molar-refractivity contribution < 1.29 is 9.18 Å². The first-order valence-corrected chi connectivity index (χ1v) is 6.05. The van der Waals surface area contributed by atoms with Gasteiger partial charge in [-0.3, -0.25) is 4.79 Å². The van der Waals surface area contributed by atoms with E-state index < -0.39 is 5.82 Å². The zero-order valence-electron chi connectivity index (χ0n) is 9.29. The van der Waals surface area contributed by atoms with Crippen LogP contribution in [0.3, 0.4) is 0 Å². The largest absolute Gasteiger partial charge is 0.294 e. The molecule has 0 N–H and O–H groups in total. The van der Waals surface area contributed by atoms with E-state index in [2.05, 4.69) is 0 Å². The molecule has 0 unspecified atom stereocenters. The van der Waals surface area contributed by atoms with E-state index in [0.717, 1.165) is 5.56 Å². The van der Waals surface area contributed by atoms with Crippen molar-refractivity contribution in [1.29, 1.82) is 0 Å². The van der Waals surface area contributed by atoms with Gasteiger partial charge in [-0.15, -0.1) is 0 Å². The third kappa shape index (κ3) is 2.89. The average Bonchev–Trinajstić information content (AvgIpc) is 2.35. The van der Waals surface area contributed by atoms with Crippen molar-refractivity contribution in [2.45, 2.75) is 6.42 Å². The van der Waals surface area contributed by atoms with Crippen molar-refractivity contribution in [2.75, 3.05) is 0 Å². The van der Waals surface area contributed by atoms with E-state index in [1.165, 1.54) is 18.2 Å². The van der Waals surface area contributed by atoms with E-state index in [0.29, 0.717) is 10.6 Å². The molecule has 0 fully saturated rings. The minimum absolute atomic E-state index is 0.0555. The van der Waals surface area contributed by atoms with Crippen LogP contribution in [0.4, 0.5) is 4.39 Å². The molecular formula is C14H9Cl2FO. The highest BCUT2D eigenvalue weighted by Crippen LogP contribution is 2.20. The second-order valence-corrected chi connectivity index (χ2v) is 4.63. The first-order chi connectivity index (χ1) is 8.58. The zero-order valence-corrected chi connectivity index (χ0v) is 10.8. The van der Waals surface area contributed by atoms with Crippen LogP contribution in [0.15, 0.2) is 42.5 Å². The molecule has 2 aromatic rings. The molecule has 0 saturated carbocycles. The molecule has 0 aromatic heterocycles. The van der Waals surface area contributed by atoms with E-state index in [9.17, 15) is 9.18 Å². The maximum absolute atomic E-state index is 13.0. The minimum atomic E-state index is -0.536. The molecule has 0 atom stereocenters. The lowest BCUT2D eigenvalue weighted by atomic mass is 10.0. The maximum atomic E-state index is 13.0. The van der Waals surface area contributed by atoms with Crippen LogP contribution >= 0.6 is 23.2 Å². The quantitative estimate of drug-likeness (QED) is 0.755. The number of rotatable bonds is 3. The highest BCUT2D eigenvalue weighted by Gasteiger charge is 2.11. The Balaban J connectivity index is 2.22. The van der Waals surface area contributed by atoms with Crippen molar-refractivity contribution in [1.82, 2.24) is 0 Å². The molecule has 0 radical (unpaired) electrons. The smallest absolute Gasteiger partial charge is 0.167 e. The Labute approximate surface area is 114 Å². The maximum Gasteiger partial charge on any atom is 0.167 e. The highest BCUT2D eigenvalue weighted by atomic mass is 35.5. The van der Waals surface area contributed by atoms with Crippen LogP contribution in [0.2, 0.25) is 10.0 Å². The molecule has 92 valence electrons. The van der Waals surface area contributed by atoms with Gasteiger partial charge in [-0.2, -0.15) is 0 Å². The first kappa shape index (κ1) is 13.1. The molecule has 0 bridgehead atoms. The number of ketones is 1. The molecule has 18 heavy (non-hydrogen) atoms. The number of benzene rings is 2. The van der Waals surface area contributed by atoms with Crippen molar-refractivity contribution in [3.63, 3.8) is 0 Å². The van der Waals surface area contributed by atoms with Gasteiger partial charge in [0.25, 0.3) is 0 Å². The summed E-state index contributed by atoms with van der Waals surface area (Å²) >= 11 is 11.6. The van der Waals surface area contributed by atoms with Gasteiger partial charge >= 0.3 is 0 Å². The molecule has 0 amide bonds. The van der Waals surface area contributed by atoms with Crippen LogP contribution in [0.1, 0.15) is 15.9 Å². The molecule has 0 spiro atoms. The predicted molar refractivity (Wildman–Crippen MR) is 70.9 cm³/mol. The normalized spacial score (nSPS) is 10.4. The standard InChI is InChI=1S/C14H9Cl2FO/c15-11-4-2-1-3-9(11)8-14(18)10-5-6-13(17)12(16)7-10/h1-7H,8H2. The van der Waals surface area contributed by atoms with E-state index in [1.54, 1.807) is 18.2 Å². The summed E-state index contributed by atoms with van der Waals surface area (Å²) in [6.45, 7) is 0. The molecular weight excluding hydrogens is 274 g/mol. The molecule has 2 rings (SSSR count). The van der Waals surface area contributed by atoms with Crippen LogP contribution < -0.4 is 0 Å². The van der Waals surface area contributed by atoms with E-state index in [1.807, 2.05) is 6.07 Å². The SMILES string of the molecule is O=C(Cc1ccccc1Cl)c1ccc(F)c(Cl)c1. The molecule has 1 nitrogen and oxygen atoms in total. The summed E-state index contributed by atoms with van der Waals surface area (Å²) in [5, 5.41) is 0.485. The van der Waals surface area contributed by atoms with Gasteiger partial charge in [0, 0.05) is 17.0 Å². The second kappa shape index (κ2) is 5.51. The van der Waals surface area contributed by atoms with E-state index in [-0.39, 0.29) is 17.2 Å². The fourth-order valence-electron chi connectivity index (χ4n) is 1.59. The molecule has 0 aliphatic rings. The summed E-state index contributed by atoms with van der Waals surface area (Å²) in [6, 6.07) is 11.0. The lowest BCUT2D eigenvalue weighted by Crippen LogP contribution is -2.04. The number of halogens is 3. The Morgan fingerprint density at radius 2 is 1.78 bits per heavy atom. The number of Topliss-reactive ketones (excluding diaryl/α,β-unsaturated/α-hetero) is 1. The number of hydrogen-bond acceptors (Lipinski definition) is 1. The lowest BCUT2D eigenvalue weighted by Gasteiger charge is -2.04. The van der Waals surface area contributed by atoms with Gasteiger partial charge < -0.3 is 0 Å². The van der Waals surface area contributed by atoms with Gasteiger partial charge in [-0.1, -0.05) is 41.4 Å². The van der Waals surface area contributed by atoms with Crippen LogP contribution in [0.25, 0.3) is 0 Å². The fraction of sp³-hybridized carbons (Fsp3) is 0.0714. The van der Waals surface area contributed by atoms with Gasteiger partial charge in [0.1, 0.15) is 5.82 Å². The Morgan fingerprint density at radius 1 is 1.06 bits per heavy atom. The summed E-state index contributed by atoms with van der Waals surface area (Å²) in [5.41, 5.74) is 1.12. The van der Waals surface area contributed by atoms with Crippen molar-refractivity contribution in [3.05, 3.63) is 69.5 Å². The van der Waals surface area contributed by atoms with Crippen molar-refractivity contribution >= 4 is 29.0 Å². The van der Waals surface area contributed by atoms with Gasteiger partial charge in [-0.25, -0.2) is 4.39 Å². The molecule has 4 heteroatoms. The Kier molecular flexibility index (Phi) is 4.00. The fourth-order valence-corrected chi connectivity index (χ4v) is 1.97. The van der Waals surface area contributed by atoms with Gasteiger partial charge in [0.15, 0.2) is 5.78 Å². The summed E-state index contributed by atoms with van der Waals surface area (Å²) in [6.07, 6.45) is 0.168. The Morgan fingerprint density at radius 3 is 2.44 bits per heavy atom. The van der Waals surface area contributed by atoms with Gasteiger partial charge in [0.05, 0.1) is 5.02 Å². The highest BCUT2D eigenvalue weighted by molar-refractivity contribution is 6.32. The number of carbonyl (C=O) groups excluding carboxylic acids is 1. The number of hydrogen-bond donors (Lipinski definition) is 0. The van der Waals surface area contributed by atoms with E-state index >= 15 is 0 Å². The summed E-state index contributed by atoms with van der Waals surface area (Å²) in [4.78, 5) is 12.0. The molecule has 0 aliphatic heterocycles. The Bertz CT molecular complexity index is 596. The van der Waals surface area contributed by atoms with Crippen LogP contribution in [-0.4, -0.2) is 5.78 Å². The van der Waals surface area contributed by atoms with Gasteiger partial charge in [0.2, 0.25) is 0 Å². The molecule has 0 heterocycles. The Hall–Kier alpha value is -1.38. The third-order valence-corrected chi connectivity index (χ3v) is 3.21. The summed E-state index contributed by atoms with van der Waals surface area (Å²) in [5.74, 6) is -0.684. The van der Waals surface area contributed by atoms with Gasteiger partial charge in [-0.05, 0) is 29.8 Å². The first-order valence-electron chi connectivity index (χ1n) is 5.29. The predicted octanol–water partition coefficient (Wildman–Crippen LogP) is 4.56. The molecule has 0 saturated heterocycles. The van der Waals surface area contributed by atoms with E-state index in [4.69, 9.17) is 23.2 Å². The van der Waals surface area contributed by atoms with Crippen LogP contribution in [-0.2, 0) is 6.42 Å². The lowest BCUT2D eigenvalue weighted by molar-refractivity contribution is 0.0993. The topological polar surface area (TPSA) is 17.1 Å². The summed E-state index contributed by atoms with van der Waals surface area (Å²) in [7, 11) is 0. The molecule has 0 aliphatic carbocycles. The van der Waals surface area contributed by atoms with Crippen LogP contribution in [0.5, 0.6) is 0 Å². The minimum Gasteiger partial charge on any atom is -0.294 e. The third-order valence-electron chi connectivity index (χ3n) is 2.55.